The van der Waals surface area contributed by atoms with E-state index in [9.17, 15) is 4.79 Å². The molecule has 0 radical (unpaired) electrons. The lowest BCUT2D eigenvalue weighted by Crippen LogP contribution is -2.27. The number of rotatable bonds is 0. The van der Waals surface area contributed by atoms with E-state index in [0.717, 1.165) is 30.4 Å². The fourth-order valence-corrected chi connectivity index (χ4v) is 5.87. The van der Waals surface area contributed by atoms with Crippen LogP contribution in [0.5, 0.6) is 0 Å². The Morgan fingerprint density at radius 1 is 0.680 bits per heavy atom. The zero-order valence-corrected chi connectivity index (χ0v) is 14.6. The van der Waals surface area contributed by atoms with Crippen molar-refractivity contribution in [2.75, 3.05) is 0 Å². The Bertz CT molecular complexity index is 910. The van der Waals surface area contributed by atoms with E-state index in [2.05, 4.69) is 30.8 Å². The number of aryl methyl sites for hydroxylation is 4. The van der Waals surface area contributed by atoms with Gasteiger partial charge in [0.25, 0.3) is 0 Å². The standard InChI is InChI=1S/C24H22O/c1-14-21-10-17-6-2-4-15(17)8-19(21)12-24(14)13-20-9-16-5-3-7-18(16)11-22(20)23(24)25/h8-11H,1-7,12-13H2. The van der Waals surface area contributed by atoms with Gasteiger partial charge in [0.15, 0.2) is 5.78 Å². The lowest BCUT2D eigenvalue weighted by Gasteiger charge is -2.22. The number of hydrogen-bond acceptors (Lipinski definition) is 1. The molecule has 0 N–H and O–H groups in total. The first kappa shape index (κ1) is 14.1. The lowest BCUT2D eigenvalue weighted by atomic mass is 9.77. The molecule has 2 aromatic rings. The van der Waals surface area contributed by atoms with Gasteiger partial charge in [-0.25, -0.2) is 0 Å². The highest BCUT2D eigenvalue weighted by Gasteiger charge is 2.52. The number of benzene rings is 2. The van der Waals surface area contributed by atoms with Crippen molar-refractivity contribution in [3.8, 4) is 0 Å². The number of fused-ring (bicyclic) bond motifs is 4. The largest absolute Gasteiger partial charge is 0.293 e. The van der Waals surface area contributed by atoms with Crippen molar-refractivity contribution in [2.45, 2.75) is 51.4 Å². The fraction of sp³-hybridized carbons (Fsp3) is 0.375. The molecule has 0 bridgehead atoms. The Morgan fingerprint density at radius 2 is 1.16 bits per heavy atom. The third-order valence-electron chi connectivity index (χ3n) is 7.20. The summed E-state index contributed by atoms with van der Waals surface area (Å²) >= 11 is 0. The maximum atomic E-state index is 13.5. The highest BCUT2D eigenvalue weighted by atomic mass is 16.1. The minimum absolute atomic E-state index is 0.332. The average molecular weight is 326 g/mol. The first-order chi connectivity index (χ1) is 12.2. The summed E-state index contributed by atoms with van der Waals surface area (Å²) in [6, 6.07) is 9.28. The second kappa shape index (κ2) is 4.52. The molecule has 0 heterocycles. The highest BCUT2D eigenvalue weighted by molar-refractivity contribution is 6.13. The van der Waals surface area contributed by atoms with Crippen molar-refractivity contribution in [2.24, 2.45) is 5.41 Å². The van der Waals surface area contributed by atoms with Crippen LogP contribution in [0.15, 0.2) is 30.8 Å². The summed E-state index contributed by atoms with van der Waals surface area (Å²) in [5.74, 6) is 0.332. The summed E-state index contributed by atoms with van der Waals surface area (Å²) < 4.78 is 0. The molecule has 4 aliphatic rings. The Labute approximate surface area is 148 Å². The van der Waals surface area contributed by atoms with Crippen LogP contribution in [0.1, 0.15) is 62.1 Å². The van der Waals surface area contributed by atoms with Gasteiger partial charge in [-0.05, 0) is 102 Å². The molecule has 6 rings (SSSR count). The van der Waals surface area contributed by atoms with Crippen LogP contribution in [0.3, 0.4) is 0 Å². The molecule has 1 unspecified atom stereocenters. The minimum Gasteiger partial charge on any atom is -0.293 e. The van der Waals surface area contributed by atoms with Crippen LogP contribution in [0, 0.1) is 5.41 Å². The van der Waals surface area contributed by atoms with Gasteiger partial charge in [0.05, 0.1) is 5.41 Å². The fourth-order valence-electron chi connectivity index (χ4n) is 5.87. The summed E-state index contributed by atoms with van der Waals surface area (Å²) in [6.45, 7) is 4.45. The molecule has 1 heteroatoms. The van der Waals surface area contributed by atoms with Crippen molar-refractivity contribution in [3.63, 3.8) is 0 Å². The first-order valence-corrected chi connectivity index (χ1v) is 9.70. The van der Waals surface area contributed by atoms with E-state index in [1.807, 2.05) is 0 Å². The molecule has 0 amide bonds. The molecule has 1 spiro atoms. The molecule has 0 fully saturated rings. The van der Waals surface area contributed by atoms with E-state index >= 15 is 0 Å². The third-order valence-corrected chi connectivity index (χ3v) is 7.20. The molecule has 124 valence electrons. The number of Topliss-reactive ketones (excluding diaryl/α,β-unsaturated/α-hetero) is 1. The predicted octanol–water partition coefficient (Wildman–Crippen LogP) is 4.66. The van der Waals surface area contributed by atoms with Crippen LogP contribution in [0.25, 0.3) is 5.57 Å². The van der Waals surface area contributed by atoms with Gasteiger partial charge in [-0.1, -0.05) is 24.8 Å². The van der Waals surface area contributed by atoms with E-state index in [1.165, 1.54) is 71.0 Å². The number of hydrogen-bond donors (Lipinski definition) is 0. The molecule has 1 nitrogen and oxygen atoms in total. The quantitative estimate of drug-likeness (QED) is 0.688. The van der Waals surface area contributed by atoms with Gasteiger partial charge in [-0.2, -0.15) is 0 Å². The first-order valence-electron chi connectivity index (χ1n) is 9.70. The summed E-state index contributed by atoms with van der Waals surface area (Å²) in [7, 11) is 0. The van der Waals surface area contributed by atoms with Crippen molar-refractivity contribution >= 4 is 11.4 Å². The van der Waals surface area contributed by atoms with E-state index < -0.39 is 5.41 Å². The third kappa shape index (κ3) is 1.67. The molecule has 2 aromatic carbocycles. The van der Waals surface area contributed by atoms with Gasteiger partial charge in [0, 0.05) is 5.56 Å². The normalized spacial score (nSPS) is 25.4. The van der Waals surface area contributed by atoms with Crippen molar-refractivity contribution in [1.82, 2.24) is 0 Å². The molecule has 0 saturated heterocycles. The summed E-state index contributed by atoms with van der Waals surface area (Å²) in [5, 5.41) is 0. The van der Waals surface area contributed by atoms with Gasteiger partial charge in [-0.15, -0.1) is 0 Å². The Hall–Kier alpha value is -2.15. The molecular weight excluding hydrogens is 304 g/mol. The van der Waals surface area contributed by atoms with Crippen LogP contribution in [0.2, 0.25) is 0 Å². The average Bonchev–Trinajstić information content (AvgIpc) is 3.34. The van der Waals surface area contributed by atoms with E-state index in [1.54, 1.807) is 0 Å². The number of allylic oxidation sites excluding steroid dienone is 1. The molecule has 4 aliphatic carbocycles. The van der Waals surface area contributed by atoms with E-state index in [0.29, 0.717) is 5.78 Å². The van der Waals surface area contributed by atoms with Crippen LogP contribution < -0.4 is 0 Å². The van der Waals surface area contributed by atoms with Gasteiger partial charge in [0.2, 0.25) is 0 Å². The monoisotopic (exact) mass is 326 g/mol. The van der Waals surface area contributed by atoms with Gasteiger partial charge in [0.1, 0.15) is 0 Å². The SMILES string of the molecule is C=C1c2cc3c(cc2CC12Cc1cc4c(cc1C2=O)CCC4)CCC3. The van der Waals surface area contributed by atoms with Crippen molar-refractivity contribution < 1.29 is 4.79 Å². The summed E-state index contributed by atoms with van der Waals surface area (Å²) in [4.78, 5) is 13.5. The number of carbonyl (C=O) groups is 1. The Balaban J connectivity index is 1.47. The van der Waals surface area contributed by atoms with Gasteiger partial charge >= 0.3 is 0 Å². The van der Waals surface area contributed by atoms with Crippen LogP contribution in [0.4, 0.5) is 0 Å². The zero-order chi connectivity index (χ0) is 16.8. The summed E-state index contributed by atoms with van der Waals surface area (Å²) in [6.07, 6.45) is 8.91. The molecule has 0 aromatic heterocycles. The lowest BCUT2D eigenvalue weighted by molar-refractivity contribution is 0.0889. The summed E-state index contributed by atoms with van der Waals surface area (Å²) in [5.41, 5.74) is 11.5. The Kier molecular flexibility index (Phi) is 2.54. The van der Waals surface area contributed by atoms with Gasteiger partial charge in [-0.3, -0.25) is 4.79 Å². The molecule has 0 aliphatic heterocycles. The Morgan fingerprint density at radius 3 is 1.76 bits per heavy atom. The minimum atomic E-state index is -0.394. The number of carbonyl (C=O) groups excluding carboxylic acids is 1. The van der Waals surface area contributed by atoms with Gasteiger partial charge < -0.3 is 0 Å². The molecule has 0 saturated carbocycles. The topological polar surface area (TPSA) is 17.1 Å². The maximum absolute atomic E-state index is 13.5. The molecule has 25 heavy (non-hydrogen) atoms. The zero-order valence-electron chi connectivity index (χ0n) is 14.6. The van der Waals surface area contributed by atoms with E-state index in [-0.39, 0.29) is 0 Å². The van der Waals surface area contributed by atoms with Crippen LogP contribution in [-0.4, -0.2) is 5.78 Å². The smallest absolute Gasteiger partial charge is 0.174 e. The van der Waals surface area contributed by atoms with Crippen molar-refractivity contribution in [1.29, 1.82) is 0 Å². The van der Waals surface area contributed by atoms with Crippen molar-refractivity contribution in [3.05, 3.63) is 75.4 Å². The van der Waals surface area contributed by atoms with Crippen LogP contribution >= 0.6 is 0 Å². The predicted molar refractivity (Wildman–Crippen MR) is 100 cm³/mol. The maximum Gasteiger partial charge on any atom is 0.174 e. The number of ketones is 1. The van der Waals surface area contributed by atoms with E-state index in [4.69, 9.17) is 0 Å². The highest BCUT2D eigenvalue weighted by Crippen LogP contribution is 2.54. The molecular formula is C24H22O. The second-order valence-corrected chi connectivity index (χ2v) is 8.51. The van der Waals surface area contributed by atoms with Crippen LogP contribution in [-0.2, 0) is 38.5 Å². The molecule has 1 atom stereocenters. The second-order valence-electron chi connectivity index (χ2n) is 8.51.